The molecule has 0 radical (unpaired) electrons. The molecule has 1 saturated heterocycles. The lowest BCUT2D eigenvalue weighted by Crippen LogP contribution is -2.31. The minimum absolute atomic E-state index is 0.108. The van der Waals surface area contributed by atoms with Crippen molar-refractivity contribution < 1.29 is 14.3 Å². The second-order valence-corrected chi connectivity index (χ2v) is 8.44. The van der Waals surface area contributed by atoms with E-state index in [4.69, 9.17) is 33.3 Å². The second-order valence-electron chi connectivity index (χ2n) is 6.73. The summed E-state index contributed by atoms with van der Waals surface area (Å²) in [7, 11) is 1.61. The summed E-state index contributed by atoms with van der Waals surface area (Å²) in [6.07, 6.45) is 3.69. The van der Waals surface area contributed by atoms with Crippen molar-refractivity contribution in [2.24, 2.45) is 0 Å². The predicted molar refractivity (Wildman–Crippen MR) is 127 cm³/mol. The van der Waals surface area contributed by atoms with Crippen LogP contribution in [-0.4, -0.2) is 29.6 Å². The molecule has 158 valence electrons. The lowest BCUT2D eigenvalue weighted by molar-refractivity contribution is -0.122. The van der Waals surface area contributed by atoms with Gasteiger partial charge in [-0.3, -0.25) is 9.69 Å². The SMILES string of the molecule is CCCCN1C(=O)/C(=C\c2ccc(OC)c(COc3ccc(Br)cc3Cl)c2)NC1=S. The van der Waals surface area contributed by atoms with Gasteiger partial charge in [0.15, 0.2) is 5.11 Å². The monoisotopic (exact) mass is 508 g/mol. The van der Waals surface area contributed by atoms with E-state index < -0.39 is 0 Å². The number of benzene rings is 2. The predicted octanol–water partition coefficient (Wildman–Crippen LogP) is 5.55. The van der Waals surface area contributed by atoms with Crippen LogP contribution in [0, 0.1) is 0 Å². The number of hydrogen-bond donors (Lipinski definition) is 1. The van der Waals surface area contributed by atoms with Gasteiger partial charge in [-0.05, 0) is 60.6 Å². The molecule has 8 heteroatoms. The van der Waals surface area contributed by atoms with E-state index in [1.165, 1.54) is 0 Å². The van der Waals surface area contributed by atoms with Crippen LogP contribution in [0.2, 0.25) is 5.02 Å². The number of amides is 1. The van der Waals surface area contributed by atoms with Crippen molar-refractivity contribution in [2.45, 2.75) is 26.4 Å². The zero-order valence-corrected chi connectivity index (χ0v) is 19.9. The van der Waals surface area contributed by atoms with E-state index in [2.05, 4.69) is 28.2 Å². The quantitative estimate of drug-likeness (QED) is 0.374. The van der Waals surface area contributed by atoms with Crippen molar-refractivity contribution in [2.75, 3.05) is 13.7 Å². The highest BCUT2D eigenvalue weighted by Gasteiger charge is 2.29. The van der Waals surface area contributed by atoms with Crippen LogP contribution in [0.15, 0.2) is 46.6 Å². The maximum atomic E-state index is 12.6. The van der Waals surface area contributed by atoms with Crippen molar-refractivity contribution >= 4 is 56.8 Å². The highest BCUT2D eigenvalue weighted by molar-refractivity contribution is 9.10. The second kappa shape index (κ2) is 10.3. The van der Waals surface area contributed by atoms with Gasteiger partial charge in [-0.2, -0.15) is 0 Å². The number of nitrogens with zero attached hydrogens (tertiary/aromatic N) is 1. The molecule has 1 N–H and O–H groups in total. The molecule has 0 aromatic heterocycles. The van der Waals surface area contributed by atoms with E-state index in [0.717, 1.165) is 28.4 Å². The molecular weight excluding hydrogens is 488 g/mol. The zero-order chi connectivity index (χ0) is 21.7. The summed E-state index contributed by atoms with van der Waals surface area (Å²) in [4.78, 5) is 14.3. The van der Waals surface area contributed by atoms with Gasteiger partial charge in [0.1, 0.15) is 23.8 Å². The molecular formula is C22H22BrClN2O3S. The van der Waals surface area contributed by atoms with E-state index in [0.29, 0.717) is 33.9 Å². The van der Waals surface area contributed by atoms with Crippen molar-refractivity contribution in [1.29, 1.82) is 0 Å². The van der Waals surface area contributed by atoms with Gasteiger partial charge in [0.25, 0.3) is 5.91 Å². The van der Waals surface area contributed by atoms with Crippen molar-refractivity contribution in [3.63, 3.8) is 0 Å². The van der Waals surface area contributed by atoms with Gasteiger partial charge < -0.3 is 14.8 Å². The number of hydrogen-bond acceptors (Lipinski definition) is 4. The van der Waals surface area contributed by atoms with Crippen LogP contribution in [-0.2, 0) is 11.4 Å². The average molecular weight is 510 g/mol. The van der Waals surface area contributed by atoms with Crippen molar-refractivity contribution in [1.82, 2.24) is 10.2 Å². The maximum absolute atomic E-state index is 12.6. The van der Waals surface area contributed by atoms with Gasteiger partial charge in [0, 0.05) is 16.6 Å². The Bertz CT molecular complexity index is 996. The molecule has 30 heavy (non-hydrogen) atoms. The van der Waals surface area contributed by atoms with E-state index in [9.17, 15) is 4.79 Å². The first-order valence-electron chi connectivity index (χ1n) is 9.52. The Morgan fingerprint density at radius 3 is 2.70 bits per heavy atom. The highest BCUT2D eigenvalue weighted by atomic mass is 79.9. The van der Waals surface area contributed by atoms with Crippen molar-refractivity contribution in [3.05, 3.63) is 62.7 Å². The maximum Gasteiger partial charge on any atom is 0.276 e. The largest absolute Gasteiger partial charge is 0.496 e. The third kappa shape index (κ3) is 5.33. The van der Waals surface area contributed by atoms with Crippen LogP contribution in [0.5, 0.6) is 11.5 Å². The summed E-state index contributed by atoms with van der Waals surface area (Å²) in [5.41, 5.74) is 2.14. The molecule has 2 aromatic carbocycles. The molecule has 1 aliphatic heterocycles. The number of carbonyl (C=O) groups is 1. The Morgan fingerprint density at radius 1 is 1.23 bits per heavy atom. The molecule has 1 fully saturated rings. The minimum atomic E-state index is -0.108. The van der Waals surface area contributed by atoms with E-state index in [1.54, 1.807) is 30.2 Å². The van der Waals surface area contributed by atoms with Crippen LogP contribution in [0.3, 0.4) is 0 Å². The summed E-state index contributed by atoms with van der Waals surface area (Å²) in [5, 5.41) is 3.98. The molecule has 3 rings (SSSR count). The van der Waals surface area contributed by atoms with Crippen LogP contribution < -0.4 is 14.8 Å². The average Bonchev–Trinajstić information content (AvgIpc) is 2.98. The molecule has 0 atom stereocenters. The Morgan fingerprint density at radius 2 is 2.00 bits per heavy atom. The van der Waals surface area contributed by atoms with Gasteiger partial charge in [0.2, 0.25) is 0 Å². The number of carbonyl (C=O) groups excluding carboxylic acids is 1. The van der Waals surface area contributed by atoms with Crippen LogP contribution in [0.1, 0.15) is 30.9 Å². The molecule has 0 saturated carbocycles. The van der Waals surface area contributed by atoms with Crippen LogP contribution >= 0.6 is 39.7 Å². The molecule has 1 amide bonds. The third-order valence-corrected chi connectivity index (χ3v) is 5.70. The number of halogens is 2. The first-order chi connectivity index (χ1) is 14.4. The van der Waals surface area contributed by atoms with E-state index in [-0.39, 0.29) is 12.5 Å². The molecule has 5 nitrogen and oxygen atoms in total. The van der Waals surface area contributed by atoms with Crippen LogP contribution in [0.25, 0.3) is 6.08 Å². The molecule has 1 aliphatic rings. The topological polar surface area (TPSA) is 50.8 Å². The fourth-order valence-corrected chi connectivity index (χ4v) is 4.02. The standard InChI is InChI=1S/C22H22BrClN2O3S/c1-3-4-9-26-21(27)18(25-22(26)30)11-14-5-7-19(28-2)15(10-14)13-29-20-8-6-16(23)12-17(20)24/h5-8,10-12H,3-4,9,13H2,1-2H3,(H,25,30)/b18-11+. The zero-order valence-electron chi connectivity index (χ0n) is 16.7. The Labute approximate surface area is 195 Å². The summed E-state index contributed by atoms with van der Waals surface area (Å²) in [6, 6.07) is 11.1. The number of methoxy groups -OCH3 is 1. The number of ether oxygens (including phenoxy) is 2. The third-order valence-electron chi connectivity index (χ3n) is 4.59. The van der Waals surface area contributed by atoms with Gasteiger partial charge in [-0.25, -0.2) is 0 Å². The molecule has 0 aliphatic carbocycles. The number of unbranched alkanes of at least 4 members (excludes halogenated alkanes) is 1. The van der Waals surface area contributed by atoms with E-state index in [1.807, 2.05) is 24.3 Å². The number of nitrogens with one attached hydrogen (secondary N) is 1. The lowest BCUT2D eigenvalue weighted by Gasteiger charge is -2.13. The molecule has 0 unspecified atom stereocenters. The van der Waals surface area contributed by atoms with Gasteiger partial charge >= 0.3 is 0 Å². The first kappa shape index (κ1) is 22.6. The Kier molecular flexibility index (Phi) is 7.75. The number of rotatable bonds is 8. The molecule has 0 bridgehead atoms. The molecule has 2 aromatic rings. The summed E-state index contributed by atoms with van der Waals surface area (Å²) in [6.45, 7) is 2.97. The fraction of sp³-hybridized carbons (Fsp3) is 0.273. The lowest BCUT2D eigenvalue weighted by atomic mass is 10.1. The smallest absolute Gasteiger partial charge is 0.276 e. The summed E-state index contributed by atoms with van der Waals surface area (Å²) < 4.78 is 12.2. The van der Waals surface area contributed by atoms with Gasteiger partial charge in [-0.15, -0.1) is 0 Å². The summed E-state index contributed by atoms with van der Waals surface area (Å²) in [5.74, 6) is 1.16. The Balaban J connectivity index is 1.79. The number of thiocarbonyl (C=S) groups is 1. The summed E-state index contributed by atoms with van der Waals surface area (Å²) >= 11 is 14.9. The van der Waals surface area contributed by atoms with Gasteiger partial charge in [-0.1, -0.05) is 46.9 Å². The highest BCUT2D eigenvalue weighted by Crippen LogP contribution is 2.30. The first-order valence-corrected chi connectivity index (χ1v) is 11.1. The normalized spacial score (nSPS) is 14.9. The Hall–Kier alpha value is -2.09. The van der Waals surface area contributed by atoms with Crippen LogP contribution in [0.4, 0.5) is 0 Å². The van der Waals surface area contributed by atoms with Gasteiger partial charge in [0.05, 0.1) is 12.1 Å². The fourth-order valence-electron chi connectivity index (χ4n) is 3.01. The molecule has 1 heterocycles. The van der Waals surface area contributed by atoms with Crippen molar-refractivity contribution in [3.8, 4) is 11.5 Å². The van der Waals surface area contributed by atoms with E-state index >= 15 is 0 Å². The molecule has 0 spiro atoms. The minimum Gasteiger partial charge on any atom is -0.496 e.